The molecule has 0 bridgehead atoms. The average Bonchev–Trinajstić information content (AvgIpc) is 3.30. The first-order valence-electron chi connectivity index (χ1n) is 11.8. The zero-order valence-corrected chi connectivity index (χ0v) is 21.7. The van der Waals surface area contributed by atoms with E-state index in [0.717, 1.165) is 23.6 Å². The van der Waals surface area contributed by atoms with E-state index in [-0.39, 0.29) is 11.4 Å². The number of ether oxygens (including phenoxy) is 2. The minimum atomic E-state index is -0.429. The molecule has 8 nitrogen and oxygen atoms in total. The Hall–Kier alpha value is -2.40. The molecule has 0 unspecified atom stereocenters. The number of nitrogens with one attached hydrogen (secondary N) is 3. The molecule has 2 aromatic heterocycles. The summed E-state index contributed by atoms with van der Waals surface area (Å²) in [6.45, 7) is 2.46. The van der Waals surface area contributed by atoms with Gasteiger partial charge in [-0.05, 0) is 66.9 Å². The van der Waals surface area contributed by atoms with Gasteiger partial charge in [0, 0.05) is 25.3 Å². The first-order valence-corrected chi connectivity index (χ1v) is 13.9. The number of nitrogens with zero attached hydrogens (tertiary/aromatic N) is 1. The molecular weight excluding hydrogens is 484 g/mol. The fourth-order valence-corrected chi connectivity index (χ4v) is 5.74. The summed E-state index contributed by atoms with van der Waals surface area (Å²) < 4.78 is 14.6. The Kier molecular flexibility index (Phi) is 9.19. The van der Waals surface area contributed by atoms with Crippen LogP contribution in [-0.2, 0) is 17.9 Å². The van der Waals surface area contributed by atoms with Crippen molar-refractivity contribution in [3.63, 3.8) is 0 Å². The van der Waals surface area contributed by atoms with E-state index in [2.05, 4.69) is 26.3 Å². The fourth-order valence-electron chi connectivity index (χ4n) is 4.41. The third-order valence-corrected chi connectivity index (χ3v) is 7.79. The van der Waals surface area contributed by atoms with Gasteiger partial charge in [-0.25, -0.2) is 4.98 Å². The lowest BCUT2D eigenvalue weighted by atomic mass is 9.82. The molecule has 0 spiro atoms. The van der Waals surface area contributed by atoms with Gasteiger partial charge in [0.05, 0.1) is 19.1 Å². The summed E-state index contributed by atoms with van der Waals surface area (Å²) in [5.41, 5.74) is 1.39. The Bertz CT molecular complexity index is 1190. The number of thiophene rings is 1. The maximum atomic E-state index is 12.8. The number of methoxy groups -OCH3 is 1. The number of hydrogen-bond acceptors (Lipinski definition) is 8. The smallest absolute Gasteiger partial charge is 0.287 e. The summed E-state index contributed by atoms with van der Waals surface area (Å²) in [5, 5.41) is 5.20. The van der Waals surface area contributed by atoms with Crippen molar-refractivity contribution in [2.24, 2.45) is 11.8 Å². The summed E-state index contributed by atoms with van der Waals surface area (Å²) in [7, 11) is 1.60. The van der Waals surface area contributed by atoms with E-state index in [4.69, 9.17) is 9.47 Å². The van der Waals surface area contributed by atoms with E-state index in [1.807, 2.05) is 29.6 Å². The molecule has 3 aromatic rings. The van der Waals surface area contributed by atoms with Gasteiger partial charge in [-0.3, -0.25) is 14.3 Å². The van der Waals surface area contributed by atoms with Crippen LogP contribution in [0.3, 0.4) is 0 Å². The number of H-pyrrole nitrogens is 1. The second-order valence-electron chi connectivity index (χ2n) is 8.84. The molecule has 10 heteroatoms. The van der Waals surface area contributed by atoms with Crippen molar-refractivity contribution in [2.75, 3.05) is 26.5 Å². The zero-order chi connectivity index (χ0) is 24.6. The number of aromatic amines is 1. The van der Waals surface area contributed by atoms with Crippen LogP contribution in [0.25, 0.3) is 10.2 Å². The highest BCUT2D eigenvalue weighted by molar-refractivity contribution is 7.96. The first-order chi connectivity index (χ1) is 17.1. The molecule has 0 aliphatic heterocycles. The second kappa shape index (κ2) is 12.5. The highest BCUT2D eigenvalue weighted by Gasteiger charge is 2.21. The molecule has 0 radical (unpaired) electrons. The van der Waals surface area contributed by atoms with Gasteiger partial charge in [-0.15, -0.1) is 11.3 Å². The second-order valence-corrected chi connectivity index (χ2v) is 10.4. The first kappa shape index (κ1) is 25.7. The lowest BCUT2D eigenvalue weighted by Crippen LogP contribution is -2.27. The number of aromatic nitrogens is 2. The minimum absolute atomic E-state index is 0.00689. The summed E-state index contributed by atoms with van der Waals surface area (Å²) >= 11 is 3.04. The van der Waals surface area contributed by atoms with Crippen LogP contribution < -0.4 is 20.3 Å². The predicted octanol–water partition coefficient (Wildman–Crippen LogP) is 4.11. The van der Waals surface area contributed by atoms with Crippen molar-refractivity contribution in [1.29, 1.82) is 0 Å². The Morgan fingerprint density at radius 1 is 1.26 bits per heavy atom. The summed E-state index contributed by atoms with van der Waals surface area (Å²) in [5.74, 6) is 1.62. The van der Waals surface area contributed by atoms with Crippen LogP contribution in [0.2, 0.25) is 0 Å². The van der Waals surface area contributed by atoms with Crippen molar-refractivity contribution in [2.45, 2.75) is 38.8 Å². The molecule has 1 aromatic carbocycles. The number of hydrogen-bond donors (Lipinski definition) is 3. The van der Waals surface area contributed by atoms with E-state index in [1.165, 1.54) is 37.0 Å². The maximum Gasteiger partial charge on any atom is 0.287 e. The summed E-state index contributed by atoms with van der Waals surface area (Å²) in [6, 6.07) is 7.44. The van der Waals surface area contributed by atoms with E-state index >= 15 is 0 Å². The largest absolute Gasteiger partial charge is 0.497 e. The number of carbonyl (C=O) groups excluding carboxylic acids is 1. The van der Waals surface area contributed by atoms with Gasteiger partial charge < -0.3 is 19.8 Å². The standard InChI is InChI=1S/C25H32N4O4S2/c1-32-20-5-3-4-18(10-20)11-26-24(31)22-28-23(30)21-19(15-35-25(21)29-22)14-33-13-17-8-6-16(7-9-17)12-27-34-2/h3-5,10,15-17,27H,6-9,11-14H2,1-2H3,(H,26,31)(H,28,29,30). The zero-order valence-electron chi connectivity index (χ0n) is 20.1. The van der Waals surface area contributed by atoms with E-state index in [0.29, 0.717) is 41.6 Å². The molecule has 4 rings (SSSR count). The summed E-state index contributed by atoms with van der Waals surface area (Å²) in [4.78, 5) is 33.0. The van der Waals surface area contributed by atoms with Crippen LogP contribution in [0.15, 0.2) is 34.4 Å². The predicted molar refractivity (Wildman–Crippen MR) is 141 cm³/mol. The molecule has 35 heavy (non-hydrogen) atoms. The number of fused-ring (bicyclic) bond motifs is 1. The highest BCUT2D eigenvalue weighted by atomic mass is 32.2. The molecule has 1 aliphatic carbocycles. The van der Waals surface area contributed by atoms with Gasteiger partial charge in [0.2, 0.25) is 5.82 Å². The lowest BCUT2D eigenvalue weighted by Gasteiger charge is -2.28. The van der Waals surface area contributed by atoms with Gasteiger partial charge in [0.25, 0.3) is 11.5 Å². The van der Waals surface area contributed by atoms with Crippen LogP contribution in [0.4, 0.5) is 0 Å². The van der Waals surface area contributed by atoms with Gasteiger partial charge in [0.1, 0.15) is 10.6 Å². The molecule has 2 heterocycles. The van der Waals surface area contributed by atoms with Crippen LogP contribution in [-0.4, -0.2) is 42.4 Å². The molecular formula is C25H32N4O4S2. The van der Waals surface area contributed by atoms with Gasteiger partial charge >= 0.3 is 0 Å². The lowest BCUT2D eigenvalue weighted by molar-refractivity contribution is 0.0682. The Balaban J connectivity index is 1.31. The van der Waals surface area contributed by atoms with E-state index in [9.17, 15) is 9.59 Å². The number of rotatable bonds is 11. The molecule has 1 fully saturated rings. The number of benzene rings is 1. The van der Waals surface area contributed by atoms with E-state index < -0.39 is 5.91 Å². The van der Waals surface area contributed by atoms with Gasteiger partial charge in [0.15, 0.2) is 0 Å². The Labute approximate surface area is 213 Å². The van der Waals surface area contributed by atoms with Crippen molar-refractivity contribution in [3.05, 3.63) is 57.0 Å². The molecule has 0 saturated heterocycles. The van der Waals surface area contributed by atoms with Crippen LogP contribution in [0.1, 0.15) is 47.4 Å². The highest BCUT2D eigenvalue weighted by Crippen LogP contribution is 2.29. The topological polar surface area (TPSA) is 105 Å². The van der Waals surface area contributed by atoms with Crippen LogP contribution in [0.5, 0.6) is 5.75 Å². The third kappa shape index (κ3) is 6.84. The monoisotopic (exact) mass is 516 g/mol. The molecule has 188 valence electrons. The Morgan fingerprint density at radius 3 is 2.83 bits per heavy atom. The fraction of sp³-hybridized carbons (Fsp3) is 0.480. The van der Waals surface area contributed by atoms with Crippen molar-refractivity contribution in [3.8, 4) is 5.75 Å². The van der Waals surface area contributed by atoms with Crippen molar-refractivity contribution >= 4 is 39.4 Å². The normalized spacial score (nSPS) is 18.0. The number of carbonyl (C=O) groups is 1. The Morgan fingerprint density at radius 2 is 2.06 bits per heavy atom. The quantitative estimate of drug-likeness (QED) is 0.329. The van der Waals surface area contributed by atoms with Crippen molar-refractivity contribution < 1.29 is 14.3 Å². The van der Waals surface area contributed by atoms with Gasteiger partial charge in [-0.2, -0.15) is 0 Å². The minimum Gasteiger partial charge on any atom is -0.497 e. The molecule has 1 amide bonds. The van der Waals surface area contributed by atoms with E-state index in [1.54, 1.807) is 19.1 Å². The molecule has 0 atom stereocenters. The third-order valence-electron chi connectivity index (χ3n) is 6.42. The van der Waals surface area contributed by atoms with Crippen LogP contribution in [0, 0.1) is 11.8 Å². The SMILES string of the molecule is COc1cccc(CNC(=O)c2nc3scc(COCC4CCC(CNSC)CC4)c3c(=O)[nH]2)c1. The van der Waals surface area contributed by atoms with Crippen LogP contribution >= 0.6 is 23.3 Å². The molecule has 3 N–H and O–H groups in total. The molecule has 1 saturated carbocycles. The van der Waals surface area contributed by atoms with Gasteiger partial charge in [-0.1, -0.05) is 24.1 Å². The summed E-state index contributed by atoms with van der Waals surface area (Å²) in [6.07, 6.45) is 6.89. The average molecular weight is 517 g/mol. The van der Waals surface area contributed by atoms with Crippen molar-refractivity contribution in [1.82, 2.24) is 20.0 Å². The maximum absolute atomic E-state index is 12.8. The number of amides is 1. The molecule has 1 aliphatic rings.